The highest BCUT2D eigenvalue weighted by atomic mass is 32.1. The molecule has 0 saturated heterocycles. The van der Waals surface area contributed by atoms with Crippen molar-refractivity contribution < 1.29 is 5.11 Å². The number of aliphatic hydroxyl groups is 1. The molecule has 0 aromatic carbocycles. The second kappa shape index (κ2) is 2.59. The fourth-order valence-corrected chi connectivity index (χ4v) is 4.13. The van der Waals surface area contributed by atoms with Gasteiger partial charge in [-0.25, -0.2) is 5.01 Å². The van der Waals surface area contributed by atoms with Crippen molar-refractivity contribution >= 4 is 23.0 Å². The molecule has 4 atom stereocenters. The molecule has 2 aliphatic carbocycles. The van der Waals surface area contributed by atoms with Crippen molar-refractivity contribution in [2.24, 2.45) is 34.0 Å². The zero-order valence-electron chi connectivity index (χ0n) is 9.77. The molecule has 4 nitrogen and oxygen atoms in total. The van der Waals surface area contributed by atoms with Gasteiger partial charge in [0.05, 0.1) is 5.92 Å². The van der Waals surface area contributed by atoms with Crippen molar-refractivity contribution in [1.82, 2.24) is 5.01 Å². The zero-order valence-corrected chi connectivity index (χ0v) is 10.6. The number of thiocarbonyl (C=S) groups is 1. The predicted octanol–water partition coefficient (Wildman–Crippen LogP) is 0.902. The van der Waals surface area contributed by atoms with Crippen LogP contribution in [0.5, 0.6) is 0 Å². The molecule has 0 spiro atoms. The van der Waals surface area contributed by atoms with Gasteiger partial charge < -0.3 is 10.8 Å². The van der Waals surface area contributed by atoms with Gasteiger partial charge in [0.2, 0.25) is 0 Å². The Morgan fingerprint density at radius 3 is 2.81 bits per heavy atom. The van der Waals surface area contributed by atoms with Gasteiger partial charge in [0.1, 0.15) is 0 Å². The number of hydrazone groups is 1. The summed E-state index contributed by atoms with van der Waals surface area (Å²) in [5, 5.41) is 16.6. The highest BCUT2D eigenvalue weighted by molar-refractivity contribution is 7.80. The Balaban J connectivity index is 1.99. The van der Waals surface area contributed by atoms with E-state index in [1.807, 2.05) is 6.92 Å². The quantitative estimate of drug-likeness (QED) is 0.617. The van der Waals surface area contributed by atoms with Crippen LogP contribution in [0.15, 0.2) is 5.10 Å². The maximum absolute atomic E-state index is 10.7. The second-order valence-electron chi connectivity index (χ2n) is 5.91. The van der Waals surface area contributed by atoms with E-state index in [1.54, 1.807) is 0 Å². The van der Waals surface area contributed by atoms with Crippen LogP contribution in [0, 0.1) is 23.2 Å². The zero-order chi connectivity index (χ0) is 11.9. The SMILES string of the molecule is CC1=NN(C(N)=S)[C@]2(O)C[C@@H]3[C@H]([C@H]12)C3(C)C. The van der Waals surface area contributed by atoms with E-state index in [4.69, 9.17) is 18.0 Å². The van der Waals surface area contributed by atoms with E-state index in [0.29, 0.717) is 17.3 Å². The van der Waals surface area contributed by atoms with E-state index >= 15 is 0 Å². The normalized spacial score (nSPS) is 47.4. The minimum Gasteiger partial charge on any atom is -0.375 e. The van der Waals surface area contributed by atoms with Crippen molar-refractivity contribution in [2.75, 3.05) is 0 Å². The Morgan fingerprint density at radius 2 is 2.25 bits per heavy atom. The van der Waals surface area contributed by atoms with Crippen LogP contribution in [0.3, 0.4) is 0 Å². The van der Waals surface area contributed by atoms with E-state index in [0.717, 1.165) is 12.1 Å². The van der Waals surface area contributed by atoms with E-state index in [9.17, 15) is 5.11 Å². The first kappa shape index (κ1) is 10.5. The van der Waals surface area contributed by atoms with Crippen LogP contribution in [0.4, 0.5) is 0 Å². The second-order valence-corrected chi connectivity index (χ2v) is 6.32. The summed E-state index contributed by atoms with van der Waals surface area (Å²) in [4.78, 5) is 0. The minimum absolute atomic E-state index is 0.106. The van der Waals surface area contributed by atoms with Gasteiger partial charge in [-0.3, -0.25) is 0 Å². The molecule has 0 amide bonds. The van der Waals surface area contributed by atoms with Gasteiger partial charge in [0.15, 0.2) is 10.8 Å². The van der Waals surface area contributed by atoms with Crippen LogP contribution in [-0.4, -0.2) is 26.7 Å². The van der Waals surface area contributed by atoms with Crippen LogP contribution >= 0.6 is 12.2 Å². The minimum atomic E-state index is -0.944. The molecule has 1 aliphatic heterocycles. The largest absolute Gasteiger partial charge is 0.375 e. The molecule has 0 radical (unpaired) electrons. The first-order valence-electron chi connectivity index (χ1n) is 5.67. The lowest BCUT2D eigenvalue weighted by Gasteiger charge is -2.35. The topological polar surface area (TPSA) is 61.8 Å². The Labute approximate surface area is 100 Å². The molecule has 2 fully saturated rings. The predicted molar refractivity (Wildman–Crippen MR) is 65.6 cm³/mol. The van der Waals surface area contributed by atoms with Crippen molar-refractivity contribution in [1.29, 1.82) is 0 Å². The molecule has 3 aliphatic rings. The van der Waals surface area contributed by atoms with E-state index in [2.05, 4.69) is 18.9 Å². The maximum Gasteiger partial charge on any atom is 0.189 e. The van der Waals surface area contributed by atoms with E-state index in [-0.39, 0.29) is 11.0 Å². The smallest absolute Gasteiger partial charge is 0.189 e. The molecule has 16 heavy (non-hydrogen) atoms. The Kier molecular flexibility index (Phi) is 1.70. The monoisotopic (exact) mass is 239 g/mol. The van der Waals surface area contributed by atoms with Gasteiger partial charge in [0, 0.05) is 12.1 Å². The molecule has 0 aromatic heterocycles. The molecule has 2 saturated carbocycles. The van der Waals surface area contributed by atoms with Gasteiger partial charge in [-0.05, 0) is 36.4 Å². The van der Waals surface area contributed by atoms with Gasteiger partial charge in [-0.1, -0.05) is 13.8 Å². The first-order chi connectivity index (χ1) is 7.30. The fourth-order valence-electron chi connectivity index (χ4n) is 3.94. The summed E-state index contributed by atoms with van der Waals surface area (Å²) >= 11 is 4.95. The van der Waals surface area contributed by atoms with Crippen molar-refractivity contribution in [3.63, 3.8) is 0 Å². The van der Waals surface area contributed by atoms with Crippen molar-refractivity contribution in [3.05, 3.63) is 0 Å². The van der Waals surface area contributed by atoms with Crippen LogP contribution in [-0.2, 0) is 0 Å². The standard InChI is InChI=1S/C11H17N3OS/c1-5-7-8-6(10(8,2)3)4-11(7,15)14(13-5)9(12)16/h6-8,15H,4H2,1-3H3,(H2,12,16)/t6-,7+,8-,11+/m1/s1. The van der Waals surface area contributed by atoms with Crippen LogP contribution < -0.4 is 5.73 Å². The number of rotatable bonds is 0. The first-order valence-corrected chi connectivity index (χ1v) is 6.08. The summed E-state index contributed by atoms with van der Waals surface area (Å²) in [5.41, 5.74) is 5.97. The van der Waals surface area contributed by atoms with Crippen LogP contribution in [0.2, 0.25) is 0 Å². The number of hydrogen-bond acceptors (Lipinski definition) is 3. The van der Waals surface area contributed by atoms with Crippen molar-refractivity contribution in [2.45, 2.75) is 32.9 Å². The van der Waals surface area contributed by atoms with Crippen molar-refractivity contribution in [3.8, 4) is 0 Å². The molecule has 1 heterocycles. The van der Waals surface area contributed by atoms with E-state index in [1.165, 1.54) is 5.01 Å². The Morgan fingerprint density at radius 1 is 1.62 bits per heavy atom. The van der Waals surface area contributed by atoms with Gasteiger partial charge in [-0.2, -0.15) is 5.10 Å². The van der Waals surface area contributed by atoms with Gasteiger partial charge in [-0.15, -0.1) is 0 Å². The van der Waals surface area contributed by atoms with E-state index < -0.39 is 5.72 Å². The average molecular weight is 239 g/mol. The van der Waals surface area contributed by atoms with Crippen LogP contribution in [0.25, 0.3) is 0 Å². The molecular weight excluding hydrogens is 222 g/mol. The summed E-state index contributed by atoms with van der Waals surface area (Å²) < 4.78 is 0. The molecule has 5 heteroatoms. The highest BCUT2D eigenvalue weighted by Crippen LogP contribution is 2.73. The summed E-state index contributed by atoms with van der Waals surface area (Å²) in [6.45, 7) is 6.49. The fraction of sp³-hybridized carbons (Fsp3) is 0.818. The third-order valence-corrected chi connectivity index (χ3v) is 4.97. The lowest BCUT2D eigenvalue weighted by molar-refractivity contribution is -0.0850. The number of nitrogens with two attached hydrogens (primary N) is 1. The highest BCUT2D eigenvalue weighted by Gasteiger charge is 2.75. The van der Waals surface area contributed by atoms with Gasteiger partial charge >= 0.3 is 0 Å². The molecule has 0 unspecified atom stereocenters. The lowest BCUT2D eigenvalue weighted by atomic mass is 9.84. The number of fused-ring (bicyclic) bond motifs is 3. The summed E-state index contributed by atoms with van der Waals surface area (Å²) in [6, 6.07) is 0. The molecule has 0 bridgehead atoms. The molecule has 88 valence electrons. The summed E-state index contributed by atoms with van der Waals surface area (Å²) in [7, 11) is 0. The molecule has 0 aromatic rings. The summed E-state index contributed by atoms with van der Waals surface area (Å²) in [6.07, 6.45) is 0.730. The lowest BCUT2D eigenvalue weighted by Crippen LogP contribution is -2.52. The summed E-state index contributed by atoms with van der Waals surface area (Å²) in [5.74, 6) is 1.21. The van der Waals surface area contributed by atoms with Gasteiger partial charge in [0.25, 0.3) is 0 Å². The average Bonchev–Trinajstić information content (AvgIpc) is 2.51. The number of hydrogen-bond donors (Lipinski definition) is 2. The third kappa shape index (κ3) is 0.942. The molecular formula is C11H17N3OS. The molecule has 3 N–H and O–H groups in total. The number of nitrogens with zero attached hydrogens (tertiary/aromatic N) is 2. The molecule has 3 rings (SSSR count). The Hall–Kier alpha value is -0.680. The van der Waals surface area contributed by atoms with Crippen LogP contribution in [0.1, 0.15) is 27.2 Å². The third-order valence-electron chi connectivity index (χ3n) is 4.80. The maximum atomic E-state index is 10.7. The Bertz CT molecular complexity index is 419.